The van der Waals surface area contributed by atoms with Crippen LogP contribution in [-0.4, -0.2) is 22.7 Å². The van der Waals surface area contributed by atoms with Gasteiger partial charge < -0.3 is 0 Å². The van der Waals surface area contributed by atoms with Crippen LogP contribution >= 0.6 is 23.1 Å². The Hall–Kier alpha value is -2.43. The van der Waals surface area contributed by atoms with E-state index in [1.54, 1.807) is 35.7 Å². The molecular weight excluding hydrogens is 318 g/mol. The number of thiophene rings is 1. The highest BCUT2D eigenvalue weighted by Crippen LogP contribution is 2.33. The number of aliphatic imine (C=N–C) groups is 1. The number of nitrogens with zero attached hydrogens (tertiary/aromatic N) is 3. The molecule has 7 heteroatoms. The van der Waals surface area contributed by atoms with Gasteiger partial charge in [-0.25, -0.2) is 4.90 Å². The molecule has 1 fully saturated rings. The number of anilines is 1. The maximum Gasteiger partial charge on any atom is 0.279 e. The van der Waals surface area contributed by atoms with Gasteiger partial charge in [0.05, 0.1) is 11.3 Å². The third-order valence-electron chi connectivity index (χ3n) is 2.95. The number of rotatable bonds is 2. The lowest BCUT2D eigenvalue weighted by atomic mass is 10.2. The molecule has 2 amide bonds. The molecule has 0 radical (unpaired) electrons. The summed E-state index contributed by atoms with van der Waals surface area (Å²) in [6.07, 6.45) is 0. The van der Waals surface area contributed by atoms with E-state index in [4.69, 9.17) is 5.26 Å². The van der Waals surface area contributed by atoms with Crippen molar-refractivity contribution in [1.29, 1.82) is 5.26 Å². The number of amidine groups is 1. The van der Waals surface area contributed by atoms with Crippen LogP contribution in [0.5, 0.6) is 0 Å². The van der Waals surface area contributed by atoms with Crippen LogP contribution in [0.25, 0.3) is 0 Å². The summed E-state index contributed by atoms with van der Waals surface area (Å²) < 4.78 is 0. The summed E-state index contributed by atoms with van der Waals surface area (Å²) in [7, 11) is 0. The van der Waals surface area contributed by atoms with E-state index in [2.05, 4.69) is 4.99 Å². The first-order chi connectivity index (χ1) is 10.7. The molecule has 0 aliphatic carbocycles. The third kappa shape index (κ3) is 2.66. The highest BCUT2D eigenvalue weighted by Gasteiger charge is 2.32. The molecule has 3 rings (SSSR count). The third-order valence-corrected chi connectivity index (χ3v) is 4.77. The highest BCUT2D eigenvalue weighted by atomic mass is 32.2. The summed E-state index contributed by atoms with van der Waals surface area (Å²) in [5.41, 5.74) is 0.863. The number of carbonyl (C=O) groups excluding carboxylic acids is 2. The first-order valence-corrected chi connectivity index (χ1v) is 8.18. The Labute approximate surface area is 134 Å². The molecule has 1 aromatic carbocycles. The van der Waals surface area contributed by atoms with Crippen molar-refractivity contribution < 1.29 is 9.59 Å². The van der Waals surface area contributed by atoms with E-state index in [0.717, 1.165) is 0 Å². The minimum Gasteiger partial charge on any atom is -0.273 e. The molecule has 1 aromatic heterocycles. The molecule has 2 aromatic rings. The van der Waals surface area contributed by atoms with Crippen molar-refractivity contribution in [3.63, 3.8) is 0 Å². The fourth-order valence-electron chi connectivity index (χ4n) is 1.94. The fraction of sp³-hybridized carbons (Fsp3) is 0.0667. The van der Waals surface area contributed by atoms with Crippen LogP contribution in [0.2, 0.25) is 0 Å². The average Bonchev–Trinajstić information content (AvgIpc) is 3.14. The number of nitriles is 1. The topological polar surface area (TPSA) is 73.5 Å². The van der Waals surface area contributed by atoms with Crippen LogP contribution in [0.1, 0.15) is 15.9 Å². The summed E-state index contributed by atoms with van der Waals surface area (Å²) in [6.45, 7) is 0. The van der Waals surface area contributed by atoms with Crippen LogP contribution in [0.3, 0.4) is 0 Å². The summed E-state index contributed by atoms with van der Waals surface area (Å²) >= 11 is 2.48. The SMILES string of the molecule is N#Cc1ccsc1N1C(=O)CSC1=NC(=O)c1ccccc1. The van der Waals surface area contributed by atoms with Gasteiger partial charge in [0.15, 0.2) is 5.17 Å². The van der Waals surface area contributed by atoms with Gasteiger partial charge in [-0.1, -0.05) is 30.0 Å². The second kappa shape index (κ2) is 6.13. The number of thioether (sulfide) groups is 1. The zero-order valence-corrected chi connectivity index (χ0v) is 12.9. The average molecular weight is 327 g/mol. The van der Waals surface area contributed by atoms with E-state index >= 15 is 0 Å². The highest BCUT2D eigenvalue weighted by molar-refractivity contribution is 8.15. The van der Waals surface area contributed by atoms with Gasteiger partial charge in [-0.3, -0.25) is 9.59 Å². The fourth-order valence-corrected chi connectivity index (χ4v) is 3.71. The molecule has 0 atom stereocenters. The van der Waals surface area contributed by atoms with E-state index in [9.17, 15) is 9.59 Å². The predicted octanol–water partition coefficient (Wildman–Crippen LogP) is 2.90. The predicted molar refractivity (Wildman–Crippen MR) is 87.2 cm³/mol. The van der Waals surface area contributed by atoms with Gasteiger partial charge in [0.1, 0.15) is 11.1 Å². The van der Waals surface area contributed by atoms with Crippen LogP contribution in [0, 0.1) is 11.3 Å². The normalized spacial score (nSPS) is 16.0. The number of carbonyl (C=O) groups is 2. The van der Waals surface area contributed by atoms with Crippen molar-refractivity contribution in [3.05, 3.63) is 52.9 Å². The Bertz CT molecular complexity index is 806. The number of amides is 2. The molecule has 0 spiro atoms. The lowest BCUT2D eigenvalue weighted by Crippen LogP contribution is -2.29. The summed E-state index contributed by atoms with van der Waals surface area (Å²) in [6, 6.07) is 12.4. The van der Waals surface area contributed by atoms with Crippen molar-refractivity contribution in [1.82, 2.24) is 0 Å². The van der Waals surface area contributed by atoms with Crippen molar-refractivity contribution >= 4 is 45.1 Å². The molecule has 22 heavy (non-hydrogen) atoms. The van der Waals surface area contributed by atoms with Gasteiger partial charge in [0, 0.05) is 5.56 Å². The van der Waals surface area contributed by atoms with Crippen molar-refractivity contribution in [3.8, 4) is 6.07 Å². The maximum absolute atomic E-state index is 12.2. The molecule has 1 aliphatic heterocycles. The Morgan fingerprint density at radius 3 is 2.77 bits per heavy atom. The number of hydrogen-bond acceptors (Lipinski definition) is 5. The van der Waals surface area contributed by atoms with Gasteiger partial charge in [-0.2, -0.15) is 10.3 Å². The van der Waals surface area contributed by atoms with Gasteiger partial charge >= 0.3 is 0 Å². The molecule has 0 bridgehead atoms. The molecule has 1 aliphatic rings. The molecule has 1 saturated heterocycles. The van der Waals surface area contributed by atoms with Gasteiger partial charge in [0.25, 0.3) is 5.91 Å². The second-order valence-corrected chi connectivity index (χ2v) is 6.17. The number of hydrogen-bond donors (Lipinski definition) is 0. The lowest BCUT2D eigenvalue weighted by Gasteiger charge is -2.13. The molecular formula is C15H9N3O2S2. The monoisotopic (exact) mass is 327 g/mol. The Morgan fingerprint density at radius 1 is 1.27 bits per heavy atom. The van der Waals surface area contributed by atoms with E-state index in [0.29, 0.717) is 21.3 Å². The smallest absolute Gasteiger partial charge is 0.273 e. The largest absolute Gasteiger partial charge is 0.279 e. The first kappa shape index (κ1) is 14.5. The standard InChI is InChI=1S/C15H9N3O2S2/c16-8-11-6-7-21-14(11)18-12(19)9-22-15(18)17-13(20)10-4-2-1-3-5-10/h1-7H,9H2. The van der Waals surface area contributed by atoms with Gasteiger partial charge in [-0.05, 0) is 23.6 Å². The van der Waals surface area contributed by atoms with E-state index in [-0.39, 0.29) is 11.7 Å². The van der Waals surface area contributed by atoms with Crippen LogP contribution in [0.15, 0.2) is 46.8 Å². The summed E-state index contributed by atoms with van der Waals surface area (Å²) in [5, 5.41) is 11.7. The molecule has 0 N–H and O–H groups in total. The van der Waals surface area contributed by atoms with Crippen LogP contribution < -0.4 is 4.90 Å². The Kier molecular flexibility index (Phi) is 4.04. The minimum atomic E-state index is -0.405. The van der Waals surface area contributed by atoms with Gasteiger partial charge in [0.2, 0.25) is 5.91 Å². The maximum atomic E-state index is 12.2. The molecule has 0 saturated carbocycles. The summed E-state index contributed by atoms with van der Waals surface area (Å²) in [5.74, 6) is -0.370. The van der Waals surface area contributed by atoms with E-state index in [1.165, 1.54) is 28.0 Å². The summed E-state index contributed by atoms with van der Waals surface area (Å²) in [4.78, 5) is 29.7. The molecule has 108 valence electrons. The van der Waals surface area contributed by atoms with Gasteiger partial charge in [-0.15, -0.1) is 11.3 Å². The van der Waals surface area contributed by atoms with Crippen molar-refractivity contribution in [2.24, 2.45) is 4.99 Å². The quantitative estimate of drug-likeness (QED) is 0.850. The molecule has 2 heterocycles. The second-order valence-electron chi connectivity index (χ2n) is 4.33. The van der Waals surface area contributed by atoms with Crippen LogP contribution in [-0.2, 0) is 4.79 Å². The Balaban J connectivity index is 1.96. The van der Waals surface area contributed by atoms with Crippen molar-refractivity contribution in [2.45, 2.75) is 0 Å². The minimum absolute atomic E-state index is 0.177. The number of benzene rings is 1. The first-order valence-electron chi connectivity index (χ1n) is 6.32. The van der Waals surface area contributed by atoms with Crippen LogP contribution in [0.4, 0.5) is 5.00 Å². The zero-order chi connectivity index (χ0) is 15.5. The Morgan fingerprint density at radius 2 is 2.05 bits per heavy atom. The lowest BCUT2D eigenvalue weighted by molar-refractivity contribution is -0.115. The zero-order valence-electron chi connectivity index (χ0n) is 11.2. The van der Waals surface area contributed by atoms with Crippen molar-refractivity contribution in [2.75, 3.05) is 10.7 Å². The van der Waals surface area contributed by atoms with E-state index < -0.39 is 5.91 Å². The molecule has 0 unspecified atom stereocenters. The van der Waals surface area contributed by atoms with E-state index in [1.807, 2.05) is 12.1 Å². The molecule has 5 nitrogen and oxygen atoms in total.